The van der Waals surface area contributed by atoms with Crippen LogP contribution in [0.15, 0.2) is 66.4 Å². The van der Waals surface area contributed by atoms with E-state index in [4.69, 9.17) is 9.47 Å². The molecule has 1 aliphatic carbocycles. The van der Waals surface area contributed by atoms with E-state index < -0.39 is 5.91 Å². The van der Waals surface area contributed by atoms with Crippen LogP contribution in [0.3, 0.4) is 0 Å². The summed E-state index contributed by atoms with van der Waals surface area (Å²) in [5.74, 6) is 0.147. The number of dihydropyridines is 1. The molecule has 3 aliphatic rings. The second kappa shape index (κ2) is 14.7. The maximum Gasteiger partial charge on any atom is 0.273 e. The fourth-order valence-electron chi connectivity index (χ4n) is 5.03. The standard InChI is InChI=1S/C25H29N7O4.C9H10O/c1-26-24(34)21-19(12-20(30-31-21)29-23(33)14-8-9-14)28-17-7-5-6-16(22(17)36-4)15-10-11-18(27-13-15)25(35)32(2)3;1-2-4-9-7-10-6-5-8(9)3-1/h5-7,10-12,14,27H,8-9,13H2,1-4H3,(H,26,34)(H2,28,29,30,33);1-4H,5-7H2. The Bertz CT molecular complexity index is 1660. The second-order valence-corrected chi connectivity index (χ2v) is 11.2. The van der Waals surface area contributed by atoms with Crippen LogP contribution in [-0.2, 0) is 27.4 Å². The first-order valence-electron chi connectivity index (χ1n) is 15.1. The average Bonchev–Trinajstić information content (AvgIpc) is 3.94. The van der Waals surface area contributed by atoms with Crippen LogP contribution in [0.25, 0.3) is 5.57 Å². The van der Waals surface area contributed by atoms with Crippen molar-refractivity contribution in [2.75, 3.05) is 52.0 Å². The fraction of sp³-hybridized carbons (Fsp3) is 0.324. The molecule has 6 rings (SSSR count). The van der Waals surface area contributed by atoms with Gasteiger partial charge in [-0.25, -0.2) is 0 Å². The van der Waals surface area contributed by atoms with Crippen molar-refractivity contribution in [3.05, 3.63) is 88.8 Å². The molecule has 0 spiro atoms. The molecule has 12 nitrogen and oxygen atoms in total. The summed E-state index contributed by atoms with van der Waals surface area (Å²) in [5.41, 5.74) is 6.07. The number of allylic oxidation sites excluding steroid dienone is 2. The lowest BCUT2D eigenvalue weighted by molar-refractivity contribution is -0.125. The number of anilines is 3. The number of benzene rings is 2. The summed E-state index contributed by atoms with van der Waals surface area (Å²) in [6.07, 6.45) is 6.41. The van der Waals surface area contributed by atoms with Crippen molar-refractivity contribution in [3.8, 4) is 5.75 Å². The number of fused-ring (bicyclic) bond motifs is 1. The molecule has 3 amide bonds. The Kier molecular flexibility index (Phi) is 10.3. The largest absolute Gasteiger partial charge is 0.494 e. The monoisotopic (exact) mass is 625 g/mol. The zero-order valence-electron chi connectivity index (χ0n) is 26.5. The molecule has 0 unspecified atom stereocenters. The van der Waals surface area contributed by atoms with E-state index in [1.165, 1.54) is 23.1 Å². The van der Waals surface area contributed by atoms with Crippen LogP contribution in [0.5, 0.6) is 5.75 Å². The number of ether oxygens (including phenoxy) is 2. The number of methoxy groups -OCH3 is 1. The molecular weight excluding hydrogens is 586 g/mol. The molecule has 46 heavy (non-hydrogen) atoms. The Morgan fingerprint density at radius 3 is 2.43 bits per heavy atom. The van der Waals surface area contributed by atoms with Gasteiger partial charge in [-0.1, -0.05) is 42.5 Å². The number of amides is 3. The molecule has 3 aromatic rings. The molecule has 0 radical (unpaired) electrons. The third-order valence-electron chi connectivity index (χ3n) is 7.72. The third-order valence-corrected chi connectivity index (χ3v) is 7.72. The lowest BCUT2D eigenvalue weighted by Crippen LogP contribution is -2.33. The molecule has 2 aromatic carbocycles. The van der Waals surface area contributed by atoms with E-state index in [1.807, 2.05) is 24.3 Å². The summed E-state index contributed by atoms with van der Waals surface area (Å²) in [7, 11) is 6.46. The number of rotatable bonds is 8. The molecule has 1 saturated carbocycles. The van der Waals surface area contributed by atoms with Gasteiger partial charge in [-0.15, -0.1) is 10.2 Å². The van der Waals surface area contributed by atoms with Crippen molar-refractivity contribution in [3.63, 3.8) is 0 Å². The summed E-state index contributed by atoms with van der Waals surface area (Å²) in [6.45, 7) is 2.12. The molecule has 0 atom stereocenters. The number of carbonyl (C=O) groups excluding carboxylic acids is 3. The number of likely N-dealkylation sites (N-methyl/N-ethyl adjacent to an activating group) is 1. The van der Waals surface area contributed by atoms with Gasteiger partial charge in [0.2, 0.25) is 5.91 Å². The zero-order chi connectivity index (χ0) is 32.6. The Morgan fingerprint density at radius 1 is 1.00 bits per heavy atom. The Hall–Kier alpha value is -5.23. The van der Waals surface area contributed by atoms with E-state index in [0.29, 0.717) is 29.4 Å². The summed E-state index contributed by atoms with van der Waals surface area (Å²) < 4.78 is 11.0. The molecular formula is C34H39N7O5. The van der Waals surface area contributed by atoms with Gasteiger partial charge in [0, 0.05) is 45.2 Å². The minimum Gasteiger partial charge on any atom is -0.494 e. The van der Waals surface area contributed by atoms with E-state index >= 15 is 0 Å². The first kappa shape index (κ1) is 32.2. The van der Waals surface area contributed by atoms with E-state index in [0.717, 1.165) is 43.6 Å². The maximum absolute atomic E-state index is 12.5. The number of hydrogen-bond acceptors (Lipinski definition) is 9. The molecule has 2 aliphatic heterocycles. The van der Waals surface area contributed by atoms with E-state index in [1.54, 1.807) is 33.3 Å². The average molecular weight is 626 g/mol. The van der Waals surface area contributed by atoms with Crippen LogP contribution in [0.4, 0.5) is 17.2 Å². The van der Waals surface area contributed by atoms with Gasteiger partial charge in [0.15, 0.2) is 11.5 Å². The van der Waals surface area contributed by atoms with Crippen molar-refractivity contribution < 1.29 is 23.9 Å². The van der Waals surface area contributed by atoms with Gasteiger partial charge < -0.3 is 35.6 Å². The van der Waals surface area contributed by atoms with Crippen LogP contribution < -0.4 is 26.0 Å². The number of aromatic nitrogens is 2. The zero-order valence-corrected chi connectivity index (χ0v) is 26.5. The number of nitrogens with zero attached hydrogens (tertiary/aromatic N) is 3. The van der Waals surface area contributed by atoms with Gasteiger partial charge in [0.05, 0.1) is 31.7 Å². The number of hydrogen-bond donors (Lipinski definition) is 4. The van der Waals surface area contributed by atoms with Crippen molar-refractivity contribution >= 4 is 40.5 Å². The van der Waals surface area contributed by atoms with Crippen molar-refractivity contribution in [2.45, 2.75) is 25.9 Å². The minimum atomic E-state index is -0.428. The van der Waals surface area contributed by atoms with Crippen molar-refractivity contribution in [2.24, 2.45) is 5.92 Å². The van der Waals surface area contributed by atoms with Gasteiger partial charge in [-0.3, -0.25) is 14.4 Å². The Labute approximate surface area is 268 Å². The summed E-state index contributed by atoms with van der Waals surface area (Å²) >= 11 is 0. The van der Waals surface area contributed by atoms with Crippen LogP contribution in [0, 0.1) is 5.92 Å². The Morgan fingerprint density at radius 2 is 1.78 bits per heavy atom. The first-order chi connectivity index (χ1) is 22.3. The molecule has 12 heteroatoms. The van der Waals surface area contributed by atoms with E-state index in [9.17, 15) is 14.4 Å². The lowest BCUT2D eigenvalue weighted by Gasteiger charge is -2.22. The highest BCUT2D eigenvalue weighted by atomic mass is 16.5. The summed E-state index contributed by atoms with van der Waals surface area (Å²) in [6, 6.07) is 15.6. The third kappa shape index (κ3) is 7.70. The smallest absolute Gasteiger partial charge is 0.273 e. The number of nitrogens with one attached hydrogen (secondary N) is 4. The highest BCUT2D eigenvalue weighted by Gasteiger charge is 2.30. The Balaban J connectivity index is 0.000000350. The molecule has 3 heterocycles. The maximum atomic E-state index is 12.5. The van der Waals surface area contributed by atoms with Crippen LogP contribution in [-0.4, -0.2) is 74.2 Å². The molecule has 0 bridgehead atoms. The molecule has 240 valence electrons. The van der Waals surface area contributed by atoms with Crippen molar-refractivity contribution in [1.82, 2.24) is 25.7 Å². The van der Waals surface area contributed by atoms with Crippen LogP contribution in [0.2, 0.25) is 0 Å². The predicted molar refractivity (Wildman–Crippen MR) is 176 cm³/mol. The SMILES string of the molecule is CNC(=O)c1nnc(NC(=O)C2CC2)cc1Nc1cccc(C2=CC=C(C(=O)N(C)C)NC2)c1OC.c1ccc2c(c1)CCOC2. The van der Waals surface area contributed by atoms with Gasteiger partial charge >= 0.3 is 0 Å². The summed E-state index contributed by atoms with van der Waals surface area (Å²) in [5, 5.41) is 19.7. The molecule has 1 aromatic heterocycles. The van der Waals surface area contributed by atoms with Gasteiger partial charge in [-0.05, 0) is 48.1 Å². The fourth-order valence-corrected chi connectivity index (χ4v) is 5.03. The highest BCUT2D eigenvalue weighted by molar-refractivity contribution is 6.00. The topological polar surface area (TPSA) is 147 Å². The summed E-state index contributed by atoms with van der Waals surface area (Å²) in [4.78, 5) is 38.4. The first-order valence-corrected chi connectivity index (χ1v) is 15.1. The predicted octanol–water partition coefficient (Wildman–Crippen LogP) is 3.65. The van der Waals surface area contributed by atoms with E-state index in [2.05, 4.69) is 55.7 Å². The van der Waals surface area contributed by atoms with Gasteiger partial charge in [0.25, 0.3) is 11.8 Å². The lowest BCUT2D eigenvalue weighted by atomic mass is 10.0. The van der Waals surface area contributed by atoms with Crippen LogP contribution >= 0.6 is 0 Å². The van der Waals surface area contributed by atoms with E-state index in [-0.39, 0.29) is 29.2 Å². The molecule has 4 N–H and O–H groups in total. The van der Waals surface area contributed by atoms with Gasteiger partial charge in [0.1, 0.15) is 11.4 Å². The number of carbonyl (C=O) groups is 3. The van der Waals surface area contributed by atoms with Crippen molar-refractivity contribution in [1.29, 1.82) is 0 Å². The van der Waals surface area contributed by atoms with Crippen LogP contribution in [0.1, 0.15) is 40.0 Å². The van der Waals surface area contributed by atoms with Gasteiger partial charge in [-0.2, -0.15) is 0 Å². The molecule has 1 fully saturated rings. The highest BCUT2D eigenvalue weighted by Crippen LogP contribution is 2.37. The minimum absolute atomic E-state index is 0.00133. The molecule has 0 saturated heterocycles. The second-order valence-electron chi connectivity index (χ2n) is 11.2. The quantitative estimate of drug-likeness (QED) is 0.295. The normalized spacial score (nSPS) is 15.0. The number of para-hydroxylation sites is 1.